The fourth-order valence-corrected chi connectivity index (χ4v) is 9.44. The number of carbonyl (C=O) groups is 3. The van der Waals surface area contributed by atoms with Gasteiger partial charge in [-0.15, -0.1) is 11.3 Å². The third-order valence-corrected chi connectivity index (χ3v) is 12.8. The van der Waals surface area contributed by atoms with E-state index >= 15 is 4.39 Å². The zero-order chi connectivity index (χ0) is 43.8. The molecule has 7 rings (SSSR count). The number of rotatable bonds is 17. The minimum atomic E-state index is -0.497. The van der Waals surface area contributed by atoms with E-state index in [1.807, 2.05) is 57.2 Å². The molecule has 0 fully saturated rings. The van der Waals surface area contributed by atoms with Crippen molar-refractivity contribution in [1.29, 1.82) is 0 Å². The molecule has 1 aliphatic rings. The monoisotopic (exact) mass is 877 g/mol. The van der Waals surface area contributed by atoms with Gasteiger partial charge in [0.1, 0.15) is 22.9 Å². The number of nitrogens with one attached hydrogen (secondary N) is 1. The van der Waals surface area contributed by atoms with Gasteiger partial charge in [0.05, 0.1) is 23.9 Å². The fraction of sp³-hybridized carbons (Fsp3) is 0.375. The zero-order valence-electron chi connectivity index (χ0n) is 35.8. The number of esters is 2. The van der Waals surface area contributed by atoms with Gasteiger partial charge in [-0.3, -0.25) is 19.9 Å². The number of methoxy groups -OCH3 is 1. The lowest BCUT2D eigenvalue weighted by Gasteiger charge is -2.29. The van der Waals surface area contributed by atoms with Gasteiger partial charge in [-0.05, 0) is 124 Å². The standard InChI is InChI=1S/C48H52FN5O6S2/c1-30(13-7-6-8-19-41(55)60-48(2,3)4)33-27-37(49)42(50-28-33)32-20-22-34(23-21-32)59-26-12-18-40-43(45(57)58-5)52-47(62-40)54-25-24-31-14-11-15-35(36(31)29-54)44(56)53-46-51-38-16-9-10-17-39(38)61-46/h9-11,14-17,20-23,27-28,30H,6-8,12-13,18-19,24-26,29H2,1-5H3,(H,51,53,56). The SMILES string of the molecule is COC(=O)c1nc(N2CCc3cccc(C(=O)Nc4nc5ccccc5s4)c3C2)sc1CCCOc1ccc(-c2ncc(C(C)CCCCCC(=O)OC(C)(C)C)cc2F)cc1. The van der Waals surface area contributed by atoms with Crippen LogP contribution in [0.5, 0.6) is 5.75 Å². The number of pyridine rings is 1. The third-order valence-electron chi connectivity index (χ3n) is 10.7. The highest BCUT2D eigenvalue weighted by molar-refractivity contribution is 7.22. The molecule has 14 heteroatoms. The van der Waals surface area contributed by atoms with Gasteiger partial charge in [-0.25, -0.2) is 19.2 Å². The zero-order valence-corrected chi connectivity index (χ0v) is 37.4. The van der Waals surface area contributed by atoms with Crippen LogP contribution in [0.1, 0.15) is 115 Å². The Morgan fingerprint density at radius 3 is 2.52 bits per heavy atom. The second kappa shape index (κ2) is 20.0. The molecule has 0 bridgehead atoms. The van der Waals surface area contributed by atoms with Crippen LogP contribution in [0.15, 0.2) is 79.0 Å². The number of halogens is 1. The highest BCUT2D eigenvalue weighted by atomic mass is 32.1. The summed E-state index contributed by atoms with van der Waals surface area (Å²) in [5.41, 5.74) is 5.05. The van der Waals surface area contributed by atoms with Gasteiger partial charge in [-0.2, -0.15) is 0 Å². The fourth-order valence-electron chi connectivity index (χ4n) is 7.47. The first-order chi connectivity index (χ1) is 29.8. The van der Waals surface area contributed by atoms with Crippen LogP contribution >= 0.6 is 22.7 Å². The Kier molecular flexibility index (Phi) is 14.3. The number of amides is 1. The summed E-state index contributed by atoms with van der Waals surface area (Å²) in [6.07, 6.45) is 7.51. The Labute approximate surface area is 369 Å². The molecule has 1 aliphatic heterocycles. The number of benzene rings is 3. The molecule has 62 heavy (non-hydrogen) atoms. The van der Waals surface area contributed by atoms with E-state index in [0.717, 1.165) is 63.9 Å². The largest absolute Gasteiger partial charge is 0.494 e. The van der Waals surface area contributed by atoms with E-state index in [4.69, 9.17) is 19.2 Å². The van der Waals surface area contributed by atoms with E-state index in [1.165, 1.54) is 29.8 Å². The predicted molar refractivity (Wildman–Crippen MR) is 243 cm³/mol. The molecule has 0 aliphatic carbocycles. The number of aromatic nitrogens is 3. The van der Waals surface area contributed by atoms with Crippen molar-refractivity contribution in [2.75, 3.05) is 30.5 Å². The molecule has 1 N–H and O–H groups in total. The molecular formula is C48H52FN5O6S2. The molecule has 1 atom stereocenters. The number of ether oxygens (including phenoxy) is 3. The Morgan fingerprint density at radius 2 is 1.76 bits per heavy atom. The molecule has 1 unspecified atom stereocenters. The average molecular weight is 878 g/mol. The highest BCUT2D eigenvalue weighted by Crippen LogP contribution is 2.34. The first-order valence-corrected chi connectivity index (χ1v) is 22.7. The maximum absolute atomic E-state index is 15.3. The summed E-state index contributed by atoms with van der Waals surface area (Å²) in [7, 11) is 1.35. The van der Waals surface area contributed by atoms with Crippen LogP contribution in [0.25, 0.3) is 21.5 Å². The smallest absolute Gasteiger partial charge is 0.357 e. The predicted octanol–water partition coefficient (Wildman–Crippen LogP) is 11.0. The van der Waals surface area contributed by atoms with Crippen molar-refractivity contribution in [1.82, 2.24) is 15.0 Å². The number of fused-ring (bicyclic) bond motifs is 2. The van der Waals surface area contributed by atoms with Crippen LogP contribution < -0.4 is 15.0 Å². The van der Waals surface area contributed by atoms with Crippen LogP contribution in [0.2, 0.25) is 0 Å². The lowest BCUT2D eigenvalue weighted by atomic mass is 9.94. The summed E-state index contributed by atoms with van der Waals surface area (Å²) in [5, 5.41) is 4.24. The molecule has 324 valence electrons. The molecule has 0 saturated heterocycles. The van der Waals surface area contributed by atoms with Gasteiger partial charge in [0, 0.05) is 41.7 Å². The van der Waals surface area contributed by atoms with Crippen molar-refractivity contribution in [3.63, 3.8) is 0 Å². The summed E-state index contributed by atoms with van der Waals surface area (Å²) in [5.74, 6) is -0.489. The van der Waals surface area contributed by atoms with Gasteiger partial charge < -0.3 is 19.1 Å². The summed E-state index contributed by atoms with van der Waals surface area (Å²) in [6.45, 7) is 9.21. The van der Waals surface area contributed by atoms with Gasteiger partial charge in [0.25, 0.3) is 5.91 Å². The molecule has 1 amide bonds. The number of aryl methyl sites for hydroxylation is 1. The molecule has 0 saturated carbocycles. The Hall–Kier alpha value is -5.73. The normalized spacial score (nSPS) is 13.1. The van der Waals surface area contributed by atoms with Gasteiger partial charge >= 0.3 is 11.9 Å². The van der Waals surface area contributed by atoms with Crippen molar-refractivity contribution in [3.8, 4) is 17.0 Å². The van der Waals surface area contributed by atoms with E-state index < -0.39 is 11.6 Å². The molecule has 3 aromatic heterocycles. The van der Waals surface area contributed by atoms with Crippen LogP contribution in [0, 0.1) is 5.82 Å². The molecule has 0 spiro atoms. The van der Waals surface area contributed by atoms with E-state index in [9.17, 15) is 14.4 Å². The molecule has 4 heterocycles. The van der Waals surface area contributed by atoms with Crippen molar-refractivity contribution >= 4 is 61.0 Å². The summed E-state index contributed by atoms with van der Waals surface area (Å²) in [6, 6.07) is 22.4. The molecule has 0 radical (unpaired) electrons. The summed E-state index contributed by atoms with van der Waals surface area (Å²) < 4.78 is 32.9. The van der Waals surface area contributed by atoms with Gasteiger partial charge in [0.2, 0.25) is 0 Å². The summed E-state index contributed by atoms with van der Waals surface area (Å²) in [4.78, 5) is 55.1. The second-order valence-electron chi connectivity index (χ2n) is 16.5. The van der Waals surface area contributed by atoms with E-state index in [1.54, 1.807) is 36.5 Å². The maximum atomic E-state index is 15.3. The molecule has 6 aromatic rings. The van der Waals surface area contributed by atoms with Crippen LogP contribution in [-0.2, 0) is 33.7 Å². The van der Waals surface area contributed by atoms with E-state index in [2.05, 4.69) is 33.2 Å². The third kappa shape index (κ3) is 11.2. The minimum absolute atomic E-state index is 0.135. The Balaban J connectivity index is 0.909. The van der Waals surface area contributed by atoms with Crippen LogP contribution in [0.3, 0.4) is 0 Å². The second-order valence-corrected chi connectivity index (χ2v) is 18.6. The lowest BCUT2D eigenvalue weighted by molar-refractivity contribution is -0.154. The summed E-state index contributed by atoms with van der Waals surface area (Å²) >= 11 is 2.89. The van der Waals surface area contributed by atoms with Crippen molar-refractivity contribution < 1.29 is 33.0 Å². The average Bonchev–Trinajstić information content (AvgIpc) is 3.88. The first-order valence-electron chi connectivity index (χ1n) is 21.1. The number of anilines is 2. The first kappa shape index (κ1) is 44.3. The van der Waals surface area contributed by atoms with Crippen molar-refractivity contribution in [2.24, 2.45) is 0 Å². The number of carbonyl (C=O) groups excluding carboxylic acids is 3. The van der Waals surface area contributed by atoms with Gasteiger partial charge in [0.15, 0.2) is 16.0 Å². The number of hydrogen-bond donors (Lipinski definition) is 1. The van der Waals surface area contributed by atoms with E-state index in [0.29, 0.717) is 66.1 Å². The lowest BCUT2D eigenvalue weighted by Crippen LogP contribution is -2.32. The topological polar surface area (TPSA) is 133 Å². The van der Waals surface area contributed by atoms with Gasteiger partial charge in [-0.1, -0.05) is 55.4 Å². The Morgan fingerprint density at radius 1 is 0.952 bits per heavy atom. The van der Waals surface area contributed by atoms with Crippen LogP contribution in [-0.4, -0.2) is 58.7 Å². The van der Waals surface area contributed by atoms with E-state index in [-0.39, 0.29) is 35.0 Å². The highest BCUT2D eigenvalue weighted by Gasteiger charge is 2.27. The molecule has 11 nitrogen and oxygen atoms in total. The number of unbranched alkanes of at least 4 members (excludes halogenated alkanes) is 2. The quantitative estimate of drug-likeness (QED) is 0.0697. The molecule has 3 aromatic carbocycles. The molecular weight excluding hydrogens is 826 g/mol. The van der Waals surface area contributed by atoms with Crippen molar-refractivity contribution in [3.05, 3.63) is 118 Å². The number of para-hydroxylation sites is 1. The number of thiazole rings is 2. The number of nitrogens with zero attached hydrogens (tertiary/aromatic N) is 4. The van der Waals surface area contributed by atoms with Crippen LogP contribution in [0.4, 0.5) is 14.7 Å². The Bertz CT molecular complexity index is 2500. The van der Waals surface area contributed by atoms with Crippen molar-refractivity contribution in [2.45, 2.75) is 97.1 Å². The maximum Gasteiger partial charge on any atom is 0.357 e. The number of hydrogen-bond acceptors (Lipinski definition) is 12. The minimum Gasteiger partial charge on any atom is -0.494 e.